The van der Waals surface area contributed by atoms with Gasteiger partial charge in [0.05, 0.1) is 5.69 Å². The van der Waals surface area contributed by atoms with Crippen LogP contribution in [0.1, 0.15) is 5.82 Å². The number of nitrogens with zero attached hydrogens (tertiary/aromatic N) is 2. The quantitative estimate of drug-likeness (QED) is 0.894. The number of alkyl halides is 3. The van der Waals surface area contributed by atoms with Crippen molar-refractivity contribution in [1.29, 1.82) is 0 Å². The monoisotopic (exact) mass is 259 g/mol. The van der Waals surface area contributed by atoms with Crippen LogP contribution in [-0.4, -0.2) is 21.1 Å². The van der Waals surface area contributed by atoms with Crippen molar-refractivity contribution >= 4 is 0 Å². The zero-order chi connectivity index (χ0) is 13.3. The van der Waals surface area contributed by atoms with E-state index >= 15 is 0 Å². The molecule has 0 unspecified atom stereocenters. The molecule has 8 heteroatoms. The molecule has 5 nitrogen and oxygen atoms in total. The Morgan fingerprint density at radius 3 is 2.33 bits per heavy atom. The summed E-state index contributed by atoms with van der Waals surface area (Å²) in [5, 5.41) is 3.87. The van der Waals surface area contributed by atoms with Gasteiger partial charge in [0.25, 0.3) is 0 Å². The molecule has 0 spiro atoms. The van der Waals surface area contributed by atoms with Crippen molar-refractivity contribution in [2.45, 2.75) is 13.3 Å². The van der Waals surface area contributed by atoms with Gasteiger partial charge in [0, 0.05) is 0 Å². The third-order valence-corrected chi connectivity index (χ3v) is 2.05. The maximum absolute atomic E-state index is 11.9. The number of H-pyrrole nitrogens is 1. The Labute approximate surface area is 98.8 Å². The van der Waals surface area contributed by atoms with Crippen LogP contribution in [0.2, 0.25) is 0 Å². The molecule has 1 heterocycles. The highest BCUT2D eigenvalue weighted by Gasteiger charge is 2.30. The van der Waals surface area contributed by atoms with E-state index in [1.165, 1.54) is 12.1 Å². The van der Waals surface area contributed by atoms with E-state index < -0.39 is 12.1 Å². The molecule has 0 amide bonds. The first-order valence-electron chi connectivity index (χ1n) is 4.87. The normalized spacial score (nSPS) is 11.6. The van der Waals surface area contributed by atoms with Crippen LogP contribution < -0.4 is 10.4 Å². The van der Waals surface area contributed by atoms with Gasteiger partial charge in [-0.3, -0.25) is 4.98 Å². The number of aromatic amines is 1. The second-order valence-corrected chi connectivity index (χ2v) is 3.47. The highest BCUT2D eigenvalue weighted by molar-refractivity contribution is 5.36. The number of benzene rings is 1. The number of halogens is 3. The van der Waals surface area contributed by atoms with Crippen LogP contribution >= 0.6 is 0 Å². The molecule has 0 aliphatic rings. The molecule has 96 valence electrons. The predicted molar refractivity (Wildman–Crippen MR) is 55.6 cm³/mol. The van der Waals surface area contributed by atoms with Gasteiger partial charge in [-0.1, -0.05) is 0 Å². The summed E-state index contributed by atoms with van der Waals surface area (Å²) in [6.07, 6.45) is -4.73. The van der Waals surface area contributed by atoms with Gasteiger partial charge < -0.3 is 4.74 Å². The summed E-state index contributed by atoms with van der Waals surface area (Å²) < 4.78 is 40.6. The minimum atomic E-state index is -4.73. The first kappa shape index (κ1) is 12.2. The fourth-order valence-corrected chi connectivity index (χ4v) is 1.39. The molecular formula is C10H8F3N3O2. The molecule has 1 aromatic heterocycles. The smallest absolute Gasteiger partial charge is 0.406 e. The van der Waals surface area contributed by atoms with Gasteiger partial charge in [0.1, 0.15) is 11.6 Å². The second-order valence-electron chi connectivity index (χ2n) is 3.47. The molecule has 0 atom stereocenters. The number of nitrogens with one attached hydrogen (secondary N) is 1. The Balaban J connectivity index is 2.28. The second kappa shape index (κ2) is 4.21. The van der Waals surface area contributed by atoms with Gasteiger partial charge in [-0.05, 0) is 31.2 Å². The highest BCUT2D eigenvalue weighted by Crippen LogP contribution is 2.23. The van der Waals surface area contributed by atoms with Crippen LogP contribution in [0, 0.1) is 6.92 Å². The number of aromatic nitrogens is 3. The van der Waals surface area contributed by atoms with Crippen LogP contribution in [0.3, 0.4) is 0 Å². The van der Waals surface area contributed by atoms with E-state index in [1.54, 1.807) is 6.92 Å². The van der Waals surface area contributed by atoms with Crippen LogP contribution in [0.4, 0.5) is 13.2 Å². The van der Waals surface area contributed by atoms with Gasteiger partial charge in [0.15, 0.2) is 0 Å². The Morgan fingerprint density at radius 1 is 1.28 bits per heavy atom. The standard InChI is InChI=1S/C10H8F3N3O2/c1-6-14-9(17)16(15-6)7-2-4-8(5-3-7)18-10(11,12)13/h2-5H,1H3,(H,14,15,17). The van der Waals surface area contributed by atoms with Crippen molar-refractivity contribution in [2.75, 3.05) is 0 Å². The summed E-state index contributed by atoms with van der Waals surface area (Å²) in [4.78, 5) is 13.8. The summed E-state index contributed by atoms with van der Waals surface area (Å²) in [5.74, 6) is 0.0576. The zero-order valence-corrected chi connectivity index (χ0v) is 9.15. The third kappa shape index (κ3) is 2.70. The van der Waals surface area contributed by atoms with E-state index in [1.807, 2.05) is 0 Å². The molecular weight excluding hydrogens is 251 g/mol. The molecule has 2 aromatic rings. The fraction of sp³-hybridized carbons (Fsp3) is 0.200. The lowest BCUT2D eigenvalue weighted by Crippen LogP contribution is -2.18. The molecule has 0 radical (unpaired) electrons. The number of rotatable bonds is 2. The summed E-state index contributed by atoms with van der Waals surface area (Å²) in [5.41, 5.74) is -0.115. The Hall–Kier alpha value is -2.25. The third-order valence-electron chi connectivity index (χ3n) is 2.05. The van der Waals surface area contributed by atoms with Crippen LogP contribution in [-0.2, 0) is 0 Å². The van der Waals surface area contributed by atoms with Crippen molar-refractivity contribution in [1.82, 2.24) is 14.8 Å². The van der Waals surface area contributed by atoms with E-state index in [0.29, 0.717) is 11.5 Å². The lowest BCUT2D eigenvalue weighted by atomic mass is 10.3. The van der Waals surface area contributed by atoms with Gasteiger partial charge in [0.2, 0.25) is 0 Å². The number of hydrogen-bond donors (Lipinski definition) is 1. The van der Waals surface area contributed by atoms with E-state index in [2.05, 4.69) is 14.8 Å². The Bertz CT molecular complexity index is 598. The molecule has 2 rings (SSSR count). The molecule has 18 heavy (non-hydrogen) atoms. The summed E-state index contributed by atoms with van der Waals surface area (Å²) in [6, 6.07) is 4.84. The van der Waals surface area contributed by atoms with Crippen molar-refractivity contribution in [2.24, 2.45) is 0 Å². The van der Waals surface area contributed by atoms with E-state index in [9.17, 15) is 18.0 Å². The maximum Gasteiger partial charge on any atom is 0.573 e. The summed E-state index contributed by atoms with van der Waals surface area (Å²) in [7, 11) is 0. The minimum absolute atomic E-state index is 0.346. The van der Waals surface area contributed by atoms with Gasteiger partial charge >= 0.3 is 12.1 Å². The van der Waals surface area contributed by atoms with E-state index in [4.69, 9.17) is 0 Å². The van der Waals surface area contributed by atoms with Crippen molar-refractivity contribution < 1.29 is 17.9 Å². The molecule has 1 N–H and O–H groups in total. The molecule has 1 aromatic carbocycles. The predicted octanol–water partition coefficient (Wildman–Crippen LogP) is 1.77. The minimum Gasteiger partial charge on any atom is -0.406 e. The number of aryl methyl sites for hydroxylation is 1. The highest BCUT2D eigenvalue weighted by atomic mass is 19.4. The molecule has 0 bridgehead atoms. The largest absolute Gasteiger partial charge is 0.573 e. The van der Waals surface area contributed by atoms with Crippen LogP contribution in [0.5, 0.6) is 5.75 Å². The zero-order valence-electron chi connectivity index (χ0n) is 9.15. The van der Waals surface area contributed by atoms with Crippen LogP contribution in [0.25, 0.3) is 5.69 Å². The SMILES string of the molecule is Cc1nn(-c2ccc(OC(F)(F)F)cc2)c(=O)[nH]1. The average molecular weight is 259 g/mol. The van der Waals surface area contributed by atoms with Crippen molar-refractivity contribution in [3.05, 3.63) is 40.6 Å². The fourth-order valence-electron chi connectivity index (χ4n) is 1.39. The van der Waals surface area contributed by atoms with Gasteiger partial charge in [-0.2, -0.15) is 9.78 Å². The van der Waals surface area contributed by atoms with Crippen molar-refractivity contribution in [3.8, 4) is 11.4 Å². The lowest BCUT2D eigenvalue weighted by molar-refractivity contribution is -0.274. The Kier molecular flexibility index (Phi) is 2.85. The summed E-state index contributed by atoms with van der Waals surface area (Å²) in [6.45, 7) is 1.60. The first-order valence-corrected chi connectivity index (χ1v) is 4.87. The van der Waals surface area contributed by atoms with Crippen molar-refractivity contribution in [3.63, 3.8) is 0 Å². The average Bonchev–Trinajstić information content (AvgIpc) is 2.57. The molecule has 0 saturated heterocycles. The summed E-state index contributed by atoms with van der Waals surface area (Å²) >= 11 is 0. The maximum atomic E-state index is 11.9. The topological polar surface area (TPSA) is 59.9 Å². The lowest BCUT2D eigenvalue weighted by Gasteiger charge is -2.08. The first-order chi connectivity index (χ1) is 8.35. The molecule has 0 fully saturated rings. The van der Waals surface area contributed by atoms with E-state index in [-0.39, 0.29) is 5.75 Å². The Morgan fingerprint density at radius 2 is 1.89 bits per heavy atom. The number of hydrogen-bond acceptors (Lipinski definition) is 3. The molecule has 0 aliphatic carbocycles. The molecule has 0 aliphatic heterocycles. The van der Waals surface area contributed by atoms with Crippen LogP contribution in [0.15, 0.2) is 29.1 Å². The van der Waals surface area contributed by atoms with E-state index in [0.717, 1.165) is 16.8 Å². The number of ether oxygens (including phenoxy) is 1. The van der Waals surface area contributed by atoms with Gasteiger partial charge in [-0.15, -0.1) is 13.2 Å². The van der Waals surface area contributed by atoms with Gasteiger partial charge in [-0.25, -0.2) is 4.79 Å². The molecule has 0 saturated carbocycles.